The molecule has 1 aromatic rings. The topological polar surface area (TPSA) is 105 Å². The van der Waals surface area contributed by atoms with E-state index in [9.17, 15) is 14.4 Å². The lowest BCUT2D eigenvalue weighted by Gasteiger charge is -2.36. The van der Waals surface area contributed by atoms with Gasteiger partial charge in [0.1, 0.15) is 11.8 Å². The zero-order valence-corrected chi connectivity index (χ0v) is 16.6. The van der Waals surface area contributed by atoms with E-state index in [0.717, 1.165) is 24.2 Å². The molecule has 0 aromatic heterocycles. The largest absolute Gasteiger partial charge is 0.497 e. The fraction of sp³-hybridized carbons (Fsp3) is 0.550. The number of carbonyl (C=O) groups is 3. The first-order valence-corrected chi connectivity index (χ1v) is 9.70. The van der Waals surface area contributed by atoms with Crippen LogP contribution in [0.5, 0.6) is 5.75 Å². The number of unbranched alkanes of at least 4 members (excludes halogenated alkanes) is 1. The summed E-state index contributed by atoms with van der Waals surface area (Å²) in [4.78, 5) is 40.0. The maximum absolute atomic E-state index is 12.7. The van der Waals surface area contributed by atoms with E-state index in [-0.39, 0.29) is 11.8 Å². The Morgan fingerprint density at radius 3 is 2.46 bits per heavy atom. The van der Waals surface area contributed by atoms with Crippen molar-refractivity contribution in [3.05, 3.63) is 29.8 Å². The molecule has 1 heterocycles. The number of nitrogens with zero attached hydrogens (tertiary/aromatic N) is 2. The number of benzene rings is 1. The lowest BCUT2D eigenvalue weighted by Crippen LogP contribution is -2.56. The van der Waals surface area contributed by atoms with Crippen LogP contribution in [0.25, 0.3) is 0 Å². The Kier molecular flexibility index (Phi) is 8.10. The number of nitrogens with one attached hydrogen (secondary N) is 1. The summed E-state index contributed by atoms with van der Waals surface area (Å²) in [5, 5.41) is 2.54. The Balaban J connectivity index is 1.88. The van der Waals surface area contributed by atoms with Crippen molar-refractivity contribution in [3.63, 3.8) is 0 Å². The van der Waals surface area contributed by atoms with Crippen LogP contribution in [0.15, 0.2) is 24.3 Å². The third-order valence-electron chi connectivity index (χ3n) is 4.89. The van der Waals surface area contributed by atoms with Gasteiger partial charge >= 0.3 is 6.03 Å². The molecule has 1 saturated heterocycles. The minimum absolute atomic E-state index is 0.0261. The van der Waals surface area contributed by atoms with E-state index in [0.29, 0.717) is 39.0 Å². The van der Waals surface area contributed by atoms with Crippen LogP contribution in [-0.4, -0.2) is 67.0 Å². The van der Waals surface area contributed by atoms with Crippen LogP contribution in [0.4, 0.5) is 4.79 Å². The predicted molar refractivity (Wildman–Crippen MR) is 106 cm³/mol. The van der Waals surface area contributed by atoms with E-state index in [1.807, 2.05) is 31.2 Å². The summed E-state index contributed by atoms with van der Waals surface area (Å²) in [7, 11) is 1.60. The first kappa shape index (κ1) is 21.5. The third-order valence-corrected chi connectivity index (χ3v) is 4.89. The minimum Gasteiger partial charge on any atom is -0.497 e. The molecule has 1 aliphatic heterocycles. The lowest BCUT2D eigenvalue weighted by molar-refractivity contribution is -0.140. The van der Waals surface area contributed by atoms with E-state index in [2.05, 4.69) is 5.32 Å². The average molecular weight is 390 g/mol. The maximum Gasteiger partial charge on any atom is 0.312 e. The highest BCUT2D eigenvalue weighted by Crippen LogP contribution is 2.15. The van der Waals surface area contributed by atoms with Crippen LogP contribution in [0, 0.1) is 0 Å². The molecule has 1 fully saturated rings. The fourth-order valence-corrected chi connectivity index (χ4v) is 3.30. The van der Waals surface area contributed by atoms with Crippen molar-refractivity contribution < 1.29 is 19.1 Å². The molecule has 0 radical (unpaired) electrons. The van der Waals surface area contributed by atoms with Crippen LogP contribution in [0.2, 0.25) is 0 Å². The van der Waals surface area contributed by atoms with Crippen molar-refractivity contribution in [2.45, 2.75) is 38.6 Å². The third kappa shape index (κ3) is 6.14. The Bertz CT molecular complexity index is 687. The number of hydrogen-bond acceptors (Lipinski definition) is 4. The Hall–Kier alpha value is -2.77. The number of piperazine rings is 1. The molecular weight excluding hydrogens is 360 g/mol. The smallest absolute Gasteiger partial charge is 0.312 e. The standard InChI is InChI=1S/C20H30N4O4/c1-3-4-8-17(22-20(21)27)19(26)24-11-9-23(10-12-24)18(25)14-15-6-5-7-16(13-15)28-2/h5-7,13,17H,3-4,8-12,14H2,1-2H3,(H3,21,22,27). The number of nitrogens with two attached hydrogens (primary N) is 1. The number of primary amides is 1. The number of amides is 4. The van der Waals surface area contributed by atoms with Gasteiger partial charge in [0.25, 0.3) is 0 Å². The van der Waals surface area contributed by atoms with Gasteiger partial charge in [-0.2, -0.15) is 0 Å². The van der Waals surface area contributed by atoms with Crippen molar-refractivity contribution in [3.8, 4) is 5.75 Å². The van der Waals surface area contributed by atoms with Crippen molar-refractivity contribution in [1.29, 1.82) is 0 Å². The summed E-state index contributed by atoms with van der Waals surface area (Å²) in [6, 6.07) is 6.16. The van der Waals surface area contributed by atoms with Crippen LogP contribution in [0.3, 0.4) is 0 Å². The number of ether oxygens (including phenoxy) is 1. The number of rotatable bonds is 8. The van der Waals surface area contributed by atoms with Gasteiger partial charge in [-0.25, -0.2) is 4.79 Å². The van der Waals surface area contributed by atoms with Crippen molar-refractivity contribution >= 4 is 17.8 Å². The Morgan fingerprint density at radius 1 is 1.18 bits per heavy atom. The molecule has 0 aliphatic carbocycles. The maximum atomic E-state index is 12.7. The van der Waals surface area contributed by atoms with Crippen LogP contribution >= 0.6 is 0 Å². The summed E-state index contributed by atoms with van der Waals surface area (Å²) in [6.07, 6.45) is 2.62. The van der Waals surface area contributed by atoms with Crippen LogP contribution < -0.4 is 15.8 Å². The Morgan fingerprint density at radius 2 is 1.86 bits per heavy atom. The monoisotopic (exact) mass is 390 g/mol. The molecule has 3 N–H and O–H groups in total. The zero-order valence-electron chi connectivity index (χ0n) is 16.6. The molecule has 0 spiro atoms. The van der Waals surface area contributed by atoms with E-state index in [4.69, 9.17) is 10.5 Å². The molecule has 154 valence electrons. The van der Waals surface area contributed by atoms with Crippen LogP contribution in [0.1, 0.15) is 31.7 Å². The fourth-order valence-electron chi connectivity index (χ4n) is 3.30. The Labute approximate surface area is 166 Å². The van der Waals surface area contributed by atoms with E-state index >= 15 is 0 Å². The van der Waals surface area contributed by atoms with Gasteiger partial charge in [-0.15, -0.1) is 0 Å². The molecule has 8 nitrogen and oxygen atoms in total. The van der Waals surface area contributed by atoms with Gasteiger partial charge in [-0.05, 0) is 24.1 Å². The molecule has 0 bridgehead atoms. The molecule has 2 rings (SSSR count). The van der Waals surface area contributed by atoms with E-state index < -0.39 is 12.1 Å². The average Bonchev–Trinajstić information content (AvgIpc) is 2.70. The second-order valence-electron chi connectivity index (χ2n) is 6.94. The second kappa shape index (κ2) is 10.5. The van der Waals surface area contributed by atoms with Crippen molar-refractivity contribution in [2.75, 3.05) is 33.3 Å². The molecule has 8 heteroatoms. The van der Waals surface area contributed by atoms with Gasteiger partial charge in [0.2, 0.25) is 11.8 Å². The van der Waals surface area contributed by atoms with Crippen molar-refractivity contribution in [2.24, 2.45) is 5.73 Å². The first-order valence-electron chi connectivity index (χ1n) is 9.70. The second-order valence-corrected chi connectivity index (χ2v) is 6.94. The summed E-state index contributed by atoms with van der Waals surface area (Å²) in [5.41, 5.74) is 6.10. The normalized spacial score (nSPS) is 15.1. The summed E-state index contributed by atoms with van der Waals surface area (Å²) >= 11 is 0. The quantitative estimate of drug-likeness (QED) is 0.694. The molecule has 0 saturated carbocycles. The zero-order chi connectivity index (χ0) is 20.5. The van der Waals surface area contributed by atoms with E-state index in [1.54, 1.807) is 16.9 Å². The summed E-state index contributed by atoms with van der Waals surface area (Å²) < 4.78 is 5.19. The summed E-state index contributed by atoms with van der Waals surface area (Å²) in [5.74, 6) is 0.617. The number of hydrogen-bond donors (Lipinski definition) is 2. The van der Waals surface area contributed by atoms with Gasteiger partial charge in [0.15, 0.2) is 0 Å². The molecule has 28 heavy (non-hydrogen) atoms. The highest BCUT2D eigenvalue weighted by molar-refractivity contribution is 5.87. The van der Waals surface area contributed by atoms with Gasteiger partial charge in [0, 0.05) is 26.2 Å². The van der Waals surface area contributed by atoms with Crippen LogP contribution in [-0.2, 0) is 16.0 Å². The molecule has 1 unspecified atom stereocenters. The highest BCUT2D eigenvalue weighted by atomic mass is 16.5. The molecule has 1 aromatic carbocycles. The van der Waals surface area contributed by atoms with E-state index in [1.165, 1.54) is 0 Å². The van der Waals surface area contributed by atoms with Gasteiger partial charge in [0.05, 0.1) is 13.5 Å². The number of methoxy groups -OCH3 is 1. The predicted octanol–water partition coefficient (Wildman–Crippen LogP) is 1.14. The minimum atomic E-state index is -0.693. The van der Waals surface area contributed by atoms with Crippen molar-refractivity contribution in [1.82, 2.24) is 15.1 Å². The molecule has 1 aliphatic rings. The SMILES string of the molecule is CCCCC(NC(N)=O)C(=O)N1CCN(C(=O)Cc2cccc(OC)c2)CC1. The first-order chi connectivity index (χ1) is 13.4. The number of urea groups is 1. The summed E-state index contributed by atoms with van der Waals surface area (Å²) in [6.45, 7) is 3.88. The molecular formula is C20H30N4O4. The number of carbonyl (C=O) groups excluding carboxylic acids is 3. The van der Waals surface area contributed by atoms with Gasteiger partial charge in [-0.1, -0.05) is 31.9 Å². The van der Waals surface area contributed by atoms with Gasteiger partial charge < -0.3 is 25.6 Å². The molecule has 4 amide bonds. The molecule has 1 atom stereocenters. The highest BCUT2D eigenvalue weighted by Gasteiger charge is 2.29. The lowest BCUT2D eigenvalue weighted by atomic mass is 10.1. The van der Waals surface area contributed by atoms with Gasteiger partial charge in [-0.3, -0.25) is 9.59 Å².